The molecule has 0 saturated heterocycles. The van der Waals surface area contributed by atoms with Crippen molar-refractivity contribution >= 4 is 39.3 Å². The van der Waals surface area contributed by atoms with Crippen molar-refractivity contribution in [3.05, 3.63) is 114 Å². The first kappa shape index (κ1) is 27.3. The zero-order chi connectivity index (χ0) is 28.4. The highest BCUT2D eigenvalue weighted by Gasteiger charge is 2.21. The molecule has 0 aliphatic heterocycles. The third-order valence-electron chi connectivity index (χ3n) is 7.38. The van der Waals surface area contributed by atoms with Crippen LogP contribution in [0.1, 0.15) is 54.9 Å². The van der Waals surface area contributed by atoms with Crippen LogP contribution < -0.4 is 11.1 Å². The minimum absolute atomic E-state index is 0.374. The maximum atomic E-state index is 15.2. The number of aromatic nitrogens is 3. The van der Waals surface area contributed by atoms with E-state index in [-0.39, 0.29) is 5.82 Å². The minimum atomic E-state index is -0.383. The molecule has 1 fully saturated rings. The summed E-state index contributed by atoms with van der Waals surface area (Å²) < 4.78 is 15.2. The van der Waals surface area contributed by atoms with E-state index in [1.807, 2.05) is 32.1 Å². The lowest BCUT2D eigenvalue weighted by Crippen LogP contribution is -2.23. The van der Waals surface area contributed by atoms with Gasteiger partial charge in [-0.05, 0) is 91.8 Å². The lowest BCUT2D eigenvalue weighted by molar-refractivity contribution is 0.356. The van der Waals surface area contributed by atoms with E-state index in [4.69, 9.17) is 10.7 Å². The molecule has 1 aliphatic carbocycles. The summed E-state index contributed by atoms with van der Waals surface area (Å²) in [6, 6.07) is 9.34. The second kappa shape index (κ2) is 11.5. The van der Waals surface area contributed by atoms with Gasteiger partial charge in [-0.1, -0.05) is 32.2 Å². The van der Waals surface area contributed by atoms with Gasteiger partial charge in [0.2, 0.25) is 0 Å². The van der Waals surface area contributed by atoms with Gasteiger partial charge < -0.3 is 16.0 Å². The van der Waals surface area contributed by atoms with Crippen molar-refractivity contribution in [1.29, 1.82) is 0 Å². The van der Waals surface area contributed by atoms with Crippen molar-refractivity contribution in [3.63, 3.8) is 0 Å². The number of nitrogens with zero attached hydrogens (tertiary/aromatic N) is 2. The van der Waals surface area contributed by atoms with Crippen molar-refractivity contribution in [2.24, 2.45) is 5.92 Å². The van der Waals surface area contributed by atoms with E-state index < -0.39 is 0 Å². The molecule has 3 aromatic heterocycles. The Labute approximate surface area is 238 Å². The molecule has 0 spiro atoms. The fourth-order valence-electron chi connectivity index (χ4n) is 4.82. The van der Waals surface area contributed by atoms with Crippen LogP contribution in [0.2, 0.25) is 0 Å². The Morgan fingerprint density at radius 1 is 1.25 bits per heavy atom. The molecule has 1 saturated carbocycles. The van der Waals surface area contributed by atoms with Gasteiger partial charge in [0, 0.05) is 50.6 Å². The summed E-state index contributed by atoms with van der Waals surface area (Å²) >= 11 is 1.68. The second-order valence-corrected chi connectivity index (χ2v) is 11.3. The van der Waals surface area contributed by atoms with Crippen LogP contribution in [-0.2, 0) is 6.42 Å². The SMILES string of the molecule is C=C/C(=C\C(=C/C)c1cc(Cc2nc3nccc(-c4ccc(C(=C)C)s4)c3[nH]2)c(N)cc1F)NC(=C)C1CCC1. The number of H-pyrrole nitrogens is 1. The monoisotopic (exact) mass is 551 g/mol. The molecule has 0 radical (unpaired) electrons. The lowest BCUT2D eigenvalue weighted by atomic mass is 9.83. The number of allylic oxidation sites excluding steroid dienone is 6. The molecule has 40 heavy (non-hydrogen) atoms. The highest BCUT2D eigenvalue weighted by atomic mass is 32.1. The molecule has 5 nitrogen and oxygen atoms in total. The number of halogens is 1. The number of thiophene rings is 1. The van der Waals surface area contributed by atoms with Gasteiger partial charge in [0.25, 0.3) is 0 Å². The first-order valence-corrected chi connectivity index (χ1v) is 14.2. The lowest BCUT2D eigenvalue weighted by Gasteiger charge is -2.28. The largest absolute Gasteiger partial charge is 0.398 e. The van der Waals surface area contributed by atoms with E-state index in [2.05, 4.69) is 47.2 Å². The summed E-state index contributed by atoms with van der Waals surface area (Å²) in [6.45, 7) is 16.1. The third kappa shape index (κ3) is 5.56. The summed E-state index contributed by atoms with van der Waals surface area (Å²) in [5, 5.41) is 3.36. The van der Waals surface area contributed by atoms with Crippen molar-refractivity contribution in [2.45, 2.75) is 39.5 Å². The van der Waals surface area contributed by atoms with Crippen LogP contribution in [0.3, 0.4) is 0 Å². The number of aromatic amines is 1. The highest BCUT2D eigenvalue weighted by molar-refractivity contribution is 7.16. The molecule has 0 bridgehead atoms. The van der Waals surface area contributed by atoms with Gasteiger partial charge in [-0.3, -0.25) is 0 Å². The molecule has 0 unspecified atom stereocenters. The Bertz CT molecular complexity index is 1680. The number of hydrogen-bond acceptors (Lipinski definition) is 5. The fraction of sp³-hybridized carbons (Fsp3) is 0.212. The zero-order valence-corrected chi connectivity index (χ0v) is 23.8. The average molecular weight is 552 g/mol. The van der Waals surface area contributed by atoms with Gasteiger partial charge in [0.05, 0.1) is 5.52 Å². The van der Waals surface area contributed by atoms with Gasteiger partial charge in [-0.15, -0.1) is 11.3 Å². The van der Waals surface area contributed by atoms with Crippen LogP contribution in [0.5, 0.6) is 0 Å². The Hall–Kier alpha value is -4.23. The van der Waals surface area contributed by atoms with Gasteiger partial charge in [0.15, 0.2) is 5.65 Å². The number of anilines is 1. The summed E-state index contributed by atoms with van der Waals surface area (Å²) in [7, 11) is 0. The summed E-state index contributed by atoms with van der Waals surface area (Å²) in [5.41, 5.74) is 13.9. The predicted molar refractivity (Wildman–Crippen MR) is 167 cm³/mol. The number of hydrogen-bond donors (Lipinski definition) is 3. The van der Waals surface area contributed by atoms with Gasteiger partial charge >= 0.3 is 0 Å². The smallest absolute Gasteiger partial charge is 0.178 e. The van der Waals surface area contributed by atoms with Crippen molar-refractivity contribution < 1.29 is 4.39 Å². The second-order valence-electron chi connectivity index (χ2n) is 10.2. The van der Waals surface area contributed by atoms with Gasteiger partial charge in [0.1, 0.15) is 11.6 Å². The number of nitrogens with one attached hydrogen (secondary N) is 2. The molecule has 0 atom stereocenters. The standard InChI is InChI=1S/C33H34FN5S/c1-6-21(15-24(7-2)37-20(5)22-9-8-10-22)26-16-23(28(35)18-27(26)34)17-31-38-32-25(13-14-36-33(32)39-31)30-12-11-29(40-30)19(3)4/h6-7,11-16,18,22,37H,2-3,5,8-10,17,35H2,1,4H3,(H,36,38,39)/b21-6+,24-15+. The number of nitrogens with two attached hydrogens (primary N) is 1. The topological polar surface area (TPSA) is 79.6 Å². The van der Waals surface area contributed by atoms with E-state index in [9.17, 15) is 0 Å². The van der Waals surface area contributed by atoms with Crippen molar-refractivity contribution in [2.75, 3.05) is 5.73 Å². The summed E-state index contributed by atoms with van der Waals surface area (Å²) in [5.74, 6) is 0.800. The maximum Gasteiger partial charge on any atom is 0.178 e. The summed E-state index contributed by atoms with van der Waals surface area (Å²) in [4.78, 5) is 14.9. The van der Waals surface area contributed by atoms with Crippen LogP contribution in [0.4, 0.5) is 10.1 Å². The molecule has 7 heteroatoms. The quantitative estimate of drug-likeness (QED) is 0.137. The molecule has 0 amide bonds. The van der Waals surface area contributed by atoms with E-state index in [1.165, 1.54) is 12.5 Å². The van der Waals surface area contributed by atoms with Crippen LogP contribution in [0.15, 0.2) is 85.9 Å². The van der Waals surface area contributed by atoms with E-state index in [1.54, 1.807) is 29.7 Å². The minimum Gasteiger partial charge on any atom is -0.398 e. The number of imidazole rings is 1. The van der Waals surface area contributed by atoms with E-state index in [0.717, 1.165) is 61.8 Å². The molecule has 4 aromatic rings. The molecule has 204 valence electrons. The van der Waals surface area contributed by atoms with Gasteiger partial charge in [-0.25, -0.2) is 14.4 Å². The molecule has 1 aromatic carbocycles. The Morgan fingerprint density at radius 2 is 2.05 bits per heavy atom. The number of pyridine rings is 1. The first-order chi connectivity index (χ1) is 19.3. The normalized spacial score (nSPS) is 14.3. The average Bonchev–Trinajstić information content (AvgIpc) is 3.54. The van der Waals surface area contributed by atoms with E-state index in [0.29, 0.717) is 35.1 Å². The molecule has 1 aliphatic rings. The Morgan fingerprint density at radius 3 is 2.70 bits per heavy atom. The van der Waals surface area contributed by atoms with Crippen LogP contribution >= 0.6 is 11.3 Å². The summed E-state index contributed by atoms with van der Waals surface area (Å²) in [6.07, 6.45) is 11.2. The predicted octanol–water partition coefficient (Wildman–Crippen LogP) is 8.41. The molecular formula is C33H34FN5S. The fourth-order valence-corrected chi connectivity index (χ4v) is 5.79. The number of benzene rings is 1. The maximum absolute atomic E-state index is 15.2. The highest BCUT2D eigenvalue weighted by Crippen LogP contribution is 2.35. The van der Waals surface area contributed by atoms with Crippen LogP contribution in [0.25, 0.3) is 32.8 Å². The van der Waals surface area contributed by atoms with Crippen LogP contribution in [-0.4, -0.2) is 15.0 Å². The first-order valence-electron chi connectivity index (χ1n) is 13.4. The number of nitrogen functional groups attached to an aromatic ring is 1. The Balaban J connectivity index is 1.44. The molecule has 3 heterocycles. The zero-order valence-electron chi connectivity index (χ0n) is 23.0. The molecule has 4 N–H and O–H groups in total. The third-order valence-corrected chi connectivity index (χ3v) is 8.66. The van der Waals surface area contributed by atoms with Crippen molar-refractivity contribution in [1.82, 2.24) is 20.3 Å². The van der Waals surface area contributed by atoms with Gasteiger partial charge in [-0.2, -0.15) is 0 Å². The van der Waals surface area contributed by atoms with Crippen molar-refractivity contribution in [3.8, 4) is 10.4 Å². The molecule has 5 rings (SSSR count). The van der Waals surface area contributed by atoms with Crippen LogP contribution in [0, 0.1) is 11.7 Å². The Kier molecular flexibility index (Phi) is 7.85. The van der Waals surface area contributed by atoms with E-state index >= 15 is 4.39 Å². The molecular weight excluding hydrogens is 517 g/mol. The number of rotatable bonds is 10. The number of fused-ring (bicyclic) bond motifs is 1.